The maximum Gasteiger partial charge on any atom is 0.336 e. The highest BCUT2D eigenvalue weighted by Crippen LogP contribution is 2.49. The van der Waals surface area contributed by atoms with Crippen molar-refractivity contribution < 1.29 is 9.90 Å². The third-order valence-corrected chi connectivity index (χ3v) is 5.17. The average Bonchev–Trinajstić information content (AvgIpc) is 3.18. The molecular weight excluding hydrogens is 264 g/mol. The molecule has 1 aromatic carbocycles. The largest absolute Gasteiger partial charge is 0.478 e. The van der Waals surface area contributed by atoms with Gasteiger partial charge in [0, 0.05) is 31.7 Å². The molecule has 2 saturated carbocycles. The molecule has 0 aromatic heterocycles. The minimum Gasteiger partial charge on any atom is -0.478 e. The summed E-state index contributed by atoms with van der Waals surface area (Å²) in [5, 5.41) is 12.9. The lowest BCUT2D eigenvalue weighted by Gasteiger charge is -2.59. The smallest absolute Gasteiger partial charge is 0.336 e. The van der Waals surface area contributed by atoms with Crippen molar-refractivity contribution in [2.24, 2.45) is 5.41 Å². The first kappa shape index (κ1) is 13.3. The normalized spacial score (nSPS) is 24.6. The van der Waals surface area contributed by atoms with Crippen molar-refractivity contribution in [3.8, 4) is 0 Å². The SMILES string of the molecule is O=C(O)c1ccccc1CN1CC2(CC(NC3CC3)C2)C1. The highest BCUT2D eigenvalue weighted by molar-refractivity contribution is 5.89. The Morgan fingerprint density at radius 2 is 1.95 bits per heavy atom. The highest BCUT2D eigenvalue weighted by Gasteiger charge is 2.52. The van der Waals surface area contributed by atoms with E-state index in [9.17, 15) is 9.90 Å². The summed E-state index contributed by atoms with van der Waals surface area (Å²) in [6.07, 6.45) is 5.34. The minimum atomic E-state index is -0.821. The molecule has 2 aliphatic carbocycles. The zero-order chi connectivity index (χ0) is 14.4. The predicted molar refractivity (Wildman–Crippen MR) is 80.3 cm³/mol. The second-order valence-electron chi connectivity index (χ2n) is 7.15. The van der Waals surface area contributed by atoms with E-state index in [2.05, 4.69) is 10.2 Å². The second-order valence-corrected chi connectivity index (χ2v) is 7.15. The van der Waals surface area contributed by atoms with E-state index < -0.39 is 5.97 Å². The van der Waals surface area contributed by atoms with Crippen LogP contribution >= 0.6 is 0 Å². The van der Waals surface area contributed by atoms with Crippen LogP contribution in [-0.4, -0.2) is 41.1 Å². The van der Waals surface area contributed by atoms with E-state index in [-0.39, 0.29) is 0 Å². The third-order valence-electron chi connectivity index (χ3n) is 5.17. The molecule has 1 aliphatic heterocycles. The van der Waals surface area contributed by atoms with Crippen molar-refractivity contribution >= 4 is 5.97 Å². The first-order valence-corrected chi connectivity index (χ1v) is 7.93. The van der Waals surface area contributed by atoms with Crippen LogP contribution in [0.3, 0.4) is 0 Å². The van der Waals surface area contributed by atoms with Gasteiger partial charge >= 0.3 is 5.97 Å². The van der Waals surface area contributed by atoms with Crippen LogP contribution < -0.4 is 5.32 Å². The highest BCUT2D eigenvalue weighted by atomic mass is 16.4. The molecule has 112 valence electrons. The molecule has 4 rings (SSSR count). The molecule has 4 heteroatoms. The lowest BCUT2D eigenvalue weighted by atomic mass is 9.60. The van der Waals surface area contributed by atoms with Crippen LogP contribution in [0.15, 0.2) is 24.3 Å². The van der Waals surface area contributed by atoms with Crippen molar-refractivity contribution in [3.63, 3.8) is 0 Å². The van der Waals surface area contributed by atoms with E-state index in [1.807, 2.05) is 12.1 Å². The number of carboxylic acid groups (broad SMARTS) is 1. The van der Waals surface area contributed by atoms with Crippen LogP contribution in [0.4, 0.5) is 0 Å². The summed E-state index contributed by atoms with van der Waals surface area (Å²) in [6.45, 7) is 3.03. The van der Waals surface area contributed by atoms with Crippen molar-refractivity contribution in [1.82, 2.24) is 10.2 Å². The molecule has 0 amide bonds. The zero-order valence-corrected chi connectivity index (χ0v) is 12.2. The minimum absolute atomic E-state index is 0.445. The summed E-state index contributed by atoms with van der Waals surface area (Å²) in [7, 11) is 0. The molecule has 1 saturated heterocycles. The summed E-state index contributed by atoms with van der Waals surface area (Å²) in [4.78, 5) is 13.6. The molecule has 4 nitrogen and oxygen atoms in total. The Hall–Kier alpha value is -1.39. The van der Waals surface area contributed by atoms with Crippen LogP contribution in [0.1, 0.15) is 41.6 Å². The molecule has 0 bridgehead atoms. The van der Waals surface area contributed by atoms with Crippen molar-refractivity contribution in [3.05, 3.63) is 35.4 Å². The Bertz CT molecular complexity index is 554. The van der Waals surface area contributed by atoms with E-state index >= 15 is 0 Å². The first-order chi connectivity index (χ1) is 10.1. The van der Waals surface area contributed by atoms with E-state index in [4.69, 9.17) is 0 Å². The van der Waals surface area contributed by atoms with E-state index in [1.54, 1.807) is 12.1 Å². The lowest BCUT2D eigenvalue weighted by Crippen LogP contribution is -2.65. The number of aromatic carboxylic acids is 1. The van der Waals surface area contributed by atoms with E-state index in [0.717, 1.165) is 37.3 Å². The number of nitrogens with zero attached hydrogens (tertiary/aromatic N) is 1. The fraction of sp³-hybridized carbons (Fsp3) is 0.588. The number of benzene rings is 1. The fourth-order valence-electron chi connectivity index (χ4n) is 4.07. The molecule has 0 atom stereocenters. The van der Waals surface area contributed by atoms with Crippen molar-refractivity contribution in [2.45, 2.75) is 44.3 Å². The van der Waals surface area contributed by atoms with Crippen LogP contribution in [0, 0.1) is 5.41 Å². The van der Waals surface area contributed by atoms with Gasteiger partial charge in [-0.3, -0.25) is 4.90 Å². The van der Waals surface area contributed by atoms with Gasteiger partial charge in [0.15, 0.2) is 0 Å². The summed E-state index contributed by atoms with van der Waals surface area (Å²) in [5.41, 5.74) is 1.91. The van der Waals surface area contributed by atoms with Crippen molar-refractivity contribution in [1.29, 1.82) is 0 Å². The van der Waals surface area contributed by atoms with Crippen LogP contribution in [0.2, 0.25) is 0 Å². The number of carbonyl (C=O) groups is 1. The number of likely N-dealkylation sites (tertiary alicyclic amines) is 1. The number of nitrogens with one attached hydrogen (secondary N) is 1. The number of rotatable bonds is 5. The van der Waals surface area contributed by atoms with E-state index in [1.165, 1.54) is 25.7 Å². The van der Waals surface area contributed by atoms with Gasteiger partial charge in [-0.2, -0.15) is 0 Å². The zero-order valence-electron chi connectivity index (χ0n) is 12.2. The first-order valence-electron chi connectivity index (χ1n) is 7.93. The van der Waals surface area contributed by atoms with Gasteiger partial charge < -0.3 is 10.4 Å². The summed E-state index contributed by atoms with van der Waals surface area (Å²) in [6, 6.07) is 8.91. The topological polar surface area (TPSA) is 52.6 Å². The van der Waals surface area contributed by atoms with E-state index in [0.29, 0.717) is 11.0 Å². The fourth-order valence-corrected chi connectivity index (χ4v) is 4.07. The molecule has 0 radical (unpaired) electrons. The molecule has 3 aliphatic rings. The molecule has 1 spiro atoms. The summed E-state index contributed by atoms with van der Waals surface area (Å²) < 4.78 is 0. The molecule has 1 heterocycles. The monoisotopic (exact) mass is 286 g/mol. The number of hydrogen-bond donors (Lipinski definition) is 2. The van der Waals surface area contributed by atoms with Gasteiger partial charge in [-0.1, -0.05) is 18.2 Å². The Balaban J connectivity index is 1.30. The van der Waals surface area contributed by atoms with Crippen LogP contribution in [-0.2, 0) is 6.54 Å². The van der Waals surface area contributed by atoms with Gasteiger partial charge in [0.2, 0.25) is 0 Å². The van der Waals surface area contributed by atoms with Gasteiger partial charge in [-0.15, -0.1) is 0 Å². The Labute approximate surface area is 125 Å². The Morgan fingerprint density at radius 3 is 2.62 bits per heavy atom. The number of hydrogen-bond acceptors (Lipinski definition) is 3. The molecule has 2 N–H and O–H groups in total. The predicted octanol–water partition coefficient (Wildman–Crippen LogP) is 2.10. The average molecular weight is 286 g/mol. The third kappa shape index (κ3) is 2.58. The Morgan fingerprint density at radius 1 is 1.24 bits per heavy atom. The van der Waals surface area contributed by atoms with Gasteiger partial charge in [-0.05, 0) is 42.7 Å². The molecular formula is C17H22N2O2. The number of carboxylic acids is 1. The summed E-state index contributed by atoms with van der Waals surface area (Å²) >= 11 is 0. The standard InChI is InChI=1S/C17H22N2O2/c20-16(21)15-4-2-1-3-12(15)9-19-10-17(11-19)7-14(8-17)18-13-5-6-13/h1-4,13-14,18H,5-11H2,(H,20,21). The van der Waals surface area contributed by atoms with Gasteiger partial charge in [0.1, 0.15) is 0 Å². The lowest BCUT2D eigenvalue weighted by molar-refractivity contribution is -0.0833. The molecule has 0 unspecified atom stereocenters. The van der Waals surface area contributed by atoms with Crippen LogP contribution in [0.25, 0.3) is 0 Å². The maximum absolute atomic E-state index is 11.2. The quantitative estimate of drug-likeness (QED) is 0.870. The van der Waals surface area contributed by atoms with Crippen molar-refractivity contribution in [2.75, 3.05) is 13.1 Å². The second kappa shape index (κ2) is 4.82. The Kier molecular flexibility index (Phi) is 3.05. The maximum atomic E-state index is 11.2. The molecule has 1 aromatic rings. The van der Waals surface area contributed by atoms with Gasteiger partial charge in [-0.25, -0.2) is 4.79 Å². The summed E-state index contributed by atoms with van der Waals surface area (Å²) in [5.74, 6) is -0.821. The molecule has 21 heavy (non-hydrogen) atoms. The molecule has 3 fully saturated rings. The van der Waals surface area contributed by atoms with Gasteiger partial charge in [0.25, 0.3) is 0 Å². The van der Waals surface area contributed by atoms with Gasteiger partial charge in [0.05, 0.1) is 5.56 Å². The van der Waals surface area contributed by atoms with Crippen LogP contribution in [0.5, 0.6) is 0 Å².